The van der Waals surface area contributed by atoms with E-state index in [0.29, 0.717) is 11.3 Å². The Kier molecular flexibility index (Phi) is 3.71. The summed E-state index contributed by atoms with van der Waals surface area (Å²) in [5.41, 5.74) is 0.605. The van der Waals surface area contributed by atoms with Crippen molar-refractivity contribution in [2.75, 3.05) is 0 Å². The number of benzene rings is 1. The molecule has 2 N–H and O–H groups in total. The Bertz CT molecular complexity index is 353. The van der Waals surface area contributed by atoms with Crippen LogP contribution in [0.1, 0.15) is 19.4 Å². The van der Waals surface area contributed by atoms with Gasteiger partial charge in [0.15, 0.2) is 0 Å². The number of hydrogen-bond donors (Lipinski definition) is 2. The Hall–Kier alpha value is -1.07. The molecule has 0 saturated heterocycles. The Morgan fingerprint density at radius 3 is 2.40 bits per heavy atom. The predicted molar refractivity (Wildman–Crippen MR) is 56.7 cm³/mol. The van der Waals surface area contributed by atoms with Crippen LogP contribution >= 0.6 is 0 Å². The molecule has 0 heterocycles. The van der Waals surface area contributed by atoms with Gasteiger partial charge in [0.25, 0.3) is 0 Å². The molecular weight excluding hydrogens is 198 g/mol. The van der Waals surface area contributed by atoms with Crippen molar-refractivity contribution in [3.05, 3.63) is 23.5 Å². The van der Waals surface area contributed by atoms with Crippen molar-refractivity contribution in [1.82, 2.24) is 0 Å². The first kappa shape index (κ1) is 12.0. The lowest BCUT2D eigenvalue weighted by Crippen LogP contribution is -2.33. The first-order valence-corrected chi connectivity index (χ1v) is 4.74. The van der Waals surface area contributed by atoms with Crippen molar-refractivity contribution in [2.24, 2.45) is 0 Å². The number of rotatable bonds is 3. The van der Waals surface area contributed by atoms with E-state index in [0.717, 1.165) is 6.07 Å². The van der Waals surface area contributed by atoms with Crippen LogP contribution in [0.3, 0.4) is 0 Å². The fourth-order valence-electron chi connectivity index (χ4n) is 1.34. The largest absolute Gasteiger partial charge is 0.492 e. The minimum Gasteiger partial charge on any atom is -0.491 e. The van der Waals surface area contributed by atoms with Crippen LogP contribution in [0.2, 0.25) is 0 Å². The Morgan fingerprint density at radius 2 is 1.93 bits per heavy atom. The summed E-state index contributed by atoms with van der Waals surface area (Å²) in [5.74, 6) is -0.173. The van der Waals surface area contributed by atoms with Crippen molar-refractivity contribution >= 4 is 12.6 Å². The molecule has 0 radical (unpaired) electrons. The van der Waals surface area contributed by atoms with Crippen LogP contribution in [0.25, 0.3) is 0 Å². The summed E-state index contributed by atoms with van der Waals surface area (Å²) in [6.45, 7) is 5.29. The van der Waals surface area contributed by atoms with Crippen LogP contribution < -0.4 is 10.2 Å². The molecule has 0 bridgehead atoms. The van der Waals surface area contributed by atoms with Crippen LogP contribution in [0.15, 0.2) is 12.1 Å². The average Bonchev–Trinajstić information content (AvgIpc) is 2.08. The van der Waals surface area contributed by atoms with Crippen molar-refractivity contribution in [3.63, 3.8) is 0 Å². The molecule has 0 aliphatic heterocycles. The normalized spacial score (nSPS) is 10.6. The van der Waals surface area contributed by atoms with Crippen LogP contribution in [0.4, 0.5) is 4.39 Å². The molecule has 0 spiro atoms. The third kappa shape index (κ3) is 2.94. The number of ether oxygens (including phenoxy) is 1. The lowest BCUT2D eigenvalue weighted by Gasteiger charge is -2.16. The van der Waals surface area contributed by atoms with Gasteiger partial charge in [-0.1, -0.05) is 0 Å². The van der Waals surface area contributed by atoms with Crippen LogP contribution in [-0.2, 0) is 0 Å². The SMILES string of the molecule is Cc1cc(F)cc(B(O)O)c1OC(C)C. The maximum atomic E-state index is 13.0. The second kappa shape index (κ2) is 4.64. The molecule has 1 rings (SSSR count). The van der Waals surface area contributed by atoms with E-state index in [1.54, 1.807) is 6.92 Å². The van der Waals surface area contributed by atoms with E-state index >= 15 is 0 Å². The molecule has 0 saturated carbocycles. The summed E-state index contributed by atoms with van der Waals surface area (Å²) in [4.78, 5) is 0. The highest BCUT2D eigenvalue weighted by atomic mass is 19.1. The Balaban J connectivity index is 3.21. The van der Waals surface area contributed by atoms with E-state index in [2.05, 4.69) is 0 Å². The monoisotopic (exact) mass is 212 g/mol. The third-order valence-electron chi connectivity index (χ3n) is 1.90. The topological polar surface area (TPSA) is 49.7 Å². The van der Waals surface area contributed by atoms with E-state index in [-0.39, 0.29) is 11.6 Å². The van der Waals surface area contributed by atoms with Gasteiger partial charge < -0.3 is 14.8 Å². The molecule has 0 amide bonds. The van der Waals surface area contributed by atoms with Crippen LogP contribution in [0, 0.1) is 12.7 Å². The molecule has 0 aromatic heterocycles. The molecule has 1 aromatic carbocycles. The number of aryl methyl sites for hydroxylation is 1. The van der Waals surface area contributed by atoms with E-state index in [1.807, 2.05) is 13.8 Å². The lowest BCUT2D eigenvalue weighted by molar-refractivity contribution is 0.241. The van der Waals surface area contributed by atoms with E-state index in [1.165, 1.54) is 6.07 Å². The zero-order chi connectivity index (χ0) is 11.6. The highest BCUT2D eigenvalue weighted by molar-refractivity contribution is 6.59. The van der Waals surface area contributed by atoms with Crippen molar-refractivity contribution in [3.8, 4) is 5.75 Å². The first-order valence-electron chi connectivity index (χ1n) is 4.74. The van der Waals surface area contributed by atoms with Gasteiger partial charge >= 0.3 is 7.12 Å². The number of halogens is 1. The smallest absolute Gasteiger partial charge is 0.491 e. The molecule has 0 unspecified atom stereocenters. The molecule has 5 heteroatoms. The van der Waals surface area contributed by atoms with Gasteiger partial charge in [0, 0.05) is 5.46 Å². The molecule has 82 valence electrons. The predicted octanol–water partition coefficient (Wildman–Crippen LogP) is 0.601. The fraction of sp³-hybridized carbons (Fsp3) is 0.400. The van der Waals surface area contributed by atoms with Gasteiger partial charge in [-0.25, -0.2) is 4.39 Å². The molecule has 3 nitrogen and oxygen atoms in total. The second-order valence-electron chi connectivity index (χ2n) is 3.68. The summed E-state index contributed by atoms with van der Waals surface area (Å²) in [6, 6.07) is 2.36. The summed E-state index contributed by atoms with van der Waals surface area (Å²) in [7, 11) is -1.73. The van der Waals surface area contributed by atoms with Gasteiger partial charge in [-0.15, -0.1) is 0 Å². The third-order valence-corrected chi connectivity index (χ3v) is 1.90. The van der Waals surface area contributed by atoms with Gasteiger partial charge in [-0.3, -0.25) is 0 Å². The highest BCUT2D eigenvalue weighted by Crippen LogP contribution is 2.18. The van der Waals surface area contributed by atoms with Crippen LogP contribution in [0.5, 0.6) is 5.75 Å². The quantitative estimate of drug-likeness (QED) is 0.721. The van der Waals surface area contributed by atoms with Crippen molar-refractivity contribution in [1.29, 1.82) is 0 Å². The number of hydrogen-bond acceptors (Lipinski definition) is 3. The lowest BCUT2D eigenvalue weighted by atomic mass is 9.78. The molecule has 1 aromatic rings. The second-order valence-corrected chi connectivity index (χ2v) is 3.68. The van der Waals surface area contributed by atoms with Gasteiger partial charge in [0.1, 0.15) is 11.6 Å². The minimum atomic E-state index is -1.73. The molecule has 0 aliphatic rings. The average molecular weight is 212 g/mol. The van der Waals surface area contributed by atoms with E-state index < -0.39 is 12.9 Å². The standard InChI is InChI=1S/C10H14BFO3/c1-6(2)15-10-7(3)4-8(12)5-9(10)11(13)14/h4-6,13-14H,1-3H3. The minimum absolute atomic E-state index is 0.0567. The van der Waals surface area contributed by atoms with E-state index in [9.17, 15) is 4.39 Å². The zero-order valence-electron chi connectivity index (χ0n) is 8.99. The molecule has 0 atom stereocenters. The molecule has 15 heavy (non-hydrogen) atoms. The maximum Gasteiger partial charge on any atom is 0.492 e. The van der Waals surface area contributed by atoms with E-state index in [4.69, 9.17) is 14.8 Å². The highest BCUT2D eigenvalue weighted by Gasteiger charge is 2.21. The van der Waals surface area contributed by atoms with Crippen molar-refractivity contribution < 1.29 is 19.2 Å². The maximum absolute atomic E-state index is 13.0. The summed E-state index contributed by atoms with van der Waals surface area (Å²) in [5, 5.41) is 18.2. The van der Waals surface area contributed by atoms with Crippen molar-refractivity contribution in [2.45, 2.75) is 26.9 Å². The van der Waals surface area contributed by atoms with Gasteiger partial charge in [-0.2, -0.15) is 0 Å². The molecule has 0 aliphatic carbocycles. The Labute approximate surface area is 88.7 Å². The summed E-state index contributed by atoms with van der Waals surface area (Å²) < 4.78 is 18.4. The summed E-state index contributed by atoms with van der Waals surface area (Å²) in [6.07, 6.45) is -0.105. The Morgan fingerprint density at radius 1 is 1.33 bits per heavy atom. The molecule has 0 fully saturated rings. The molecular formula is C10H14BFO3. The van der Waals surface area contributed by atoms with Crippen LogP contribution in [-0.4, -0.2) is 23.3 Å². The summed E-state index contributed by atoms with van der Waals surface area (Å²) >= 11 is 0. The van der Waals surface area contributed by atoms with Gasteiger partial charge in [0.2, 0.25) is 0 Å². The first-order chi connectivity index (χ1) is 6.91. The van der Waals surface area contributed by atoms with Gasteiger partial charge in [-0.05, 0) is 38.5 Å². The fourth-order valence-corrected chi connectivity index (χ4v) is 1.34. The zero-order valence-corrected chi connectivity index (χ0v) is 8.99. The van der Waals surface area contributed by atoms with Gasteiger partial charge in [0.05, 0.1) is 6.10 Å².